The van der Waals surface area contributed by atoms with Crippen molar-refractivity contribution in [3.8, 4) is 0 Å². The molecule has 1 aromatic heterocycles. The zero-order valence-electron chi connectivity index (χ0n) is 8.51. The van der Waals surface area contributed by atoms with Crippen LogP contribution in [-0.2, 0) is 4.74 Å². The summed E-state index contributed by atoms with van der Waals surface area (Å²) >= 11 is 9.24. The maximum atomic E-state index is 11.6. The molecule has 0 saturated carbocycles. The van der Waals surface area contributed by atoms with Crippen molar-refractivity contribution in [1.29, 1.82) is 0 Å². The molecule has 0 atom stereocenters. The number of aromatic amines is 1. The van der Waals surface area contributed by atoms with Gasteiger partial charge in [0.2, 0.25) is 0 Å². The molecule has 0 aliphatic rings. The second-order valence-electron chi connectivity index (χ2n) is 3.22. The fourth-order valence-corrected chi connectivity index (χ4v) is 2.26. The van der Waals surface area contributed by atoms with Gasteiger partial charge in [0.25, 0.3) is 0 Å². The van der Waals surface area contributed by atoms with Crippen LogP contribution in [0, 0.1) is 0 Å². The third-order valence-corrected chi connectivity index (χ3v) is 3.24. The van der Waals surface area contributed by atoms with Crippen molar-refractivity contribution >= 4 is 44.4 Å². The molecule has 84 valence electrons. The van der Waals surface area contributed by atoms with Crippen LogP contribution in [0.5, 0.6) is 0 Å². The number of carbonyl (C=O) groups excluding carboxylic acids is 1. The summed E-state index contributed by atoms with van der Waals surface area (Å²) in [4.78, 5) is 14.6. The van der Waals surface area contributed by atoms with Crippen molar-refractivity contribution in [1.82, 2.24) is 4.98 Å². The molecule has 0 saturated heterocycles. The number of nitrogens with one attached hydrogen (secondary N) is 1. The number of benzene rings is 1. The topological polar surface area (TPSA) is 42.1 Å². The van der Waals surface area contributed by atoms with Crippen molar-refractivity contribution < 1.29 is 9.53 Å². The van der Waals surface area contributed by atoms with Crippen LogP contribution in [0.2, 0.25) is 5.02 Å². The molecule has 1 N–H and O–H groups in total. The second-order valence-corrected chi connectivity index (χ2v) is 4.45. The molecule has 0 bridgehead atoms. The van der Waals surface area contributed by atoms with E-state index in [0.29, 0.717) is 21.8 Å². The molecular weight excluding hydrogens is 293 g/mol. The summed E-state index contributed by atoms with van der Waals surface area (Å²) in [5.41, 5.74) is 1.22. The highest BCUT2D eigenvalue weighted by molar-refractivity contribution is 9.10. The molecule has 0 unspecified atom stereocenters. The highest BCUT2D eigenvalue weighted by Crippen LogP contribution is 2.30. The van der Waals surface area contributed by atoms with Crippen molar-refractivity contribution in [3.05, 3.63) is 33.4 Å². The number of hydrogen-bond donors (Lipinski definition) is 1. The van der Waals surface area contributed by atoms with Crippen LogP contribution in [0.25, 0.3) is 10.9 Å². The summed E-state index contributed by atoms with van der Waals surface area (Å²) in [5, 5.41) is 1.53. The molecule has 0 aliphatic carbocycles. The van der Waals surface area contributed by atoms with Crippen LogP contribution >= 0.6 is 27.5 Å². The summed E-state index contributed by atoms with van der Waals surface area (Å²) in [7, 11) is 0. The molecule has 0 spiro atoms. The lowest BCUT2D eigenvalue weighted by Gasteiger charge is -1.98. The standard InChI is InChI=1S/C11H9BrClNO2/c1-2-16-11(15)10-9(12)7-4-3-6(13)5-8(7)14-10/h3-5,14H,2H2,1H3. The number of H-pyrrole nitrogens is 1. The van der Waals surface area contributed by atoms with Crippen LogP contribution in [0.3, 0.4) is 0 Å². The van der Waals surface area contributed by atoms with Gasteiger partial charge in [-0.25, -0.2) is 4.79 Å². The number of aromatic nitrogens is 1. The predicted molar refractivity (Wildman–Crippen MR) is 67.0 cm³/mol. The average Bonchev–Trinajstić information content (AvgIpc) is 2.56. The highest BCUT2D eigenvalue weighted by atomic mass is 79.9. The molecule has 1 heterocycles. The number of carbonyl (C=O) groups is 1. The van der Waals surface area contributed by atoms with Crippen molar-refractivity contribution in [3.63, 3.8) is 0 Å². The van der Waals surface area contributed by atoms with Gasteiger partial charge in [-0.1, -0.05) is 17.7 Å². The van der Waals surface area contributed by atoms with E-state index < -0.39 is 0 Å². The summed E-state index contributed by atoms with van der Waals surface area (Å²) in [6, 6.07) is 5.39. The van der Waals surface area contributed by atoms with Crippen LogP contribution in [0.4, 0.5) is 0 Å². The monoisotopic (exact) mass is 301 g/mol. The van der Waals surface area contributed by atoms with Crippen molar-refractivity contribution in [2.24, 2.45) is 0 Å². The van der Waals surface area contributed by atoms with Crippen LogP contribution in [-0.4, -0.2) is 17.6 Å². The third-order valence-electron chi connectivity index (χ3n) is 2.18. The molecule has 0 aliphatic heterocycles. The van der Waals surface area contributed by atoms with Crippen LogP contribution in [0.1, 0.15) is 17.4 Å². The van der Waals surface area contributed by atoms with Gasteiger partial charge >= 0.3 is 5.97 Å². The molecule has 3 nitrogen and oxygen atoms in total. The molecule has 1 aromatic carbocycles. The van der Waals surface area contributed by atoms with Gasteiger partial charge < -0.3 is 9.72 Å². The molecule has 2 rings (SSSR count). The smallest absolute Gasteiger partial charge is 0.355 e. The van der Waals surface area contributed by atoms with Crippen LogP contribution in [0.15, 0.2) is 22.7 Å². The number of rotatable bonds is 2. The average molecular weight is 303 g/mol. The number of esters is 1. The number of fused-ring (bicyclic) bond motifs is 1. The van der Waals surface area contributed by atoms with Gasteiger partial charge in [0.15, 0.2) is 0 Å². The van der Waals surface area contributed by atoms with E-state index in [4.69, 9.17) is 16.3 Å². The van der Waals surface area contributed by atoms with Gasteiger partial charge in [0, 0.05) is 15.9 Å². The van der Waals surface area contributed by atoms with Gasteiger partial charge in [-0.2, -0.15) is 0 Å². The van der Waals surface area contributed by atoms with E-state index in [-0.39, 0.29) is 5.97 Å². The Labute approximate surface area is 106 Å². The lowest BCUT2D eigenvalue weighted by molar-refractivity contribution is 0.0519. The SMILES string of the molecule is CCOC(=O)c1[nH]c2cc(Cl)ccc2c1Br. The maximum absolute atomic E-state index is 11.6. The summed E-state index contributed by atoms with van der Waals surface area (Å²) < 4.78 is 5.64. The van der Waals surface area contributed by atoms with E-state index in [0.717, 1.165) is 10.9 Å². The summed E-state index contributed by atoms with van der Waals surface area (Å²) in [6.45, 7) is 2.12. The van der Waals surface area contributed by atoms with E-state index in [1.165, 1.54) is 0 Å². The number of hydrogen-bond acceptors (Lipinski definition) is 2. The molecule has 2 aromatic rings. The summed E-state index contributed by atoms with van der Waals surface area (Å²) in [6.07, 6.45) is 0. The van der Waals surface area contributed by atoms with Gasteiger partial charge in [-0.05, 0) is 35.0 Å². The quantitative estimate of drug-likeness (QED) is 0.858. The van der Waals surface area contributed by atoms with Crippen molar-refractivity contribution in [2.45, 2.75) is 6.92 Å². The second kappa shape index (κ2) is 4.47. The number of halogens is 2. The summed E-state index contributed by atoms with van der Waals surface area (Å²) in [5.74, 6) is -0.373. The Bertz CT molecular complexity index is 550. The Morgan fingerprint density at radius 2 is 2.31 bits per heavy atom. The first-order chi connectivity index (χ1) is 7.63. The van der Waals surface area contributed by atoms with E-state index in [9.17, 15) is 4.79 Å². The minimum absolute atomic E-state index is 0.349. The van der Waals surface area contributed by atoms with Crippen LogP contribution < -0.4 is 0 Å². The predicted octanol–water partition coefficient (Wildman–Crippen LogP) is 3.76. The minimum atomic E-state index is -0.373. The lowest BCUT2D eigenvalue weighted by atomic mass is 10.2. The zero-order chi connectivity index (χ0) is 11.7. The molecule has 0 fully saturated rings. The zero-order valence-corrected chi connectivity index (χ0v) is 10.9. The largest absolute Gasteiger partial charge is 0.461 e. The Hall–Kier alpha value is -1.000. The minimum Gasteiger partial charge on any atom is -0.461 e. The lowest BCUT2D eigenvalue weighted by Crippen LogP contribution is -2.05. The molecule has 0 radical (unpaired) electrons. The normalized spacial score (nSPS) is 10.7. The Morgan fingerprint density at radius 1 is 1.56 bits per heavy atom. The Balaban J connectivity index is 2.55. The fourth-order valence-electron chi connectivity index (χ4n) is 1.48. The fraction of sp³-hybridized carbons (Fsp3) is 0.182. The van der Waals surface area contributed by atoms with Crippen molar-refractivity contribution in [2.75, 3.05) is 6.61 Å². The Morgan fingerprint density at radius 3 is 3.00 bits per heavy atom. The van der Waals surface area contributed by atoms with Gasteiger partial charge in [-0.15, -0.1) is 0 Å². The molecule has 5 heteroatoms. The first kappa shape index (κ1) is 11.5. The molecule has 0 amide bonds. The van der Waals surface area contributed by atoms with Gasteiger partial charge in [-0.3, -0.25) is 0 Å². The van der Waals surface area contributed by atoms with E-state index in [1.54, 1.807) is 19.1 Å². The van der Waals surface area contributed by atoms with Gasteiger partial charge in [0.05, 0.1) is 11.1 Å². The van der Waals surface area contributed by atoms with E-state index >= 15 is 0 Å². The first-order valence-corrected chi connectivity index (χ1v) is 5.94. The van der Waals surface area contributed by atoms with Gasteiger partial charge in [0.1, 0.15) is 5.69 Å². The molecule has 16 heavy (non-hydrogen) atoms. The number of ether oxygens (including phenoxy) is 1. The Kier molecular flexibility index (Phi) is 3.21. The van der Waals surface area contributed by atoms with E-state index in [1.807, 2.05) is 6.07 Å². The third kappa shape index (κ3) is 1.95. The molecular formula is C11H9BrClNO2. The maximum Gasteiger partial charge on any atom is 0.355 e. The van der Waals surface area contributed by atoms with E-state index in [2.05, 4.69) is 20.9 Å². The highest BCUT2D eigenvalue weighted by Gasteiger charge is 2.16. The first-order valence-electron chi connectivity index (χ1n) is 4.77.